The van der Waals surface area contributed by atoms with E-state index in [2.05, 4.69) is 5.32 Å². The third-order valence-electron chi connectivity index (χ3n) is 3.41. The highest BCUT2D eigenvalue weighted by atomic mass is 16.5. The Morgan fingerprint density at radius 1 is 1.43 bits per heavy atom. The summed E-state index contributed by atoms with van der Waals surface area (Å²) in [5, 5.41) is 11.9. The summed E-state index contributed by atoms with van der Waals surface area (Å²) in [6.07, 6.45) is 0.240. The molecular formula is C15H20N2O4. The van der Waals surface area contributed by atoms with Gasteiger partial charge in [0.05, 0.1) is 12.7 Å². The summed E-state index contributed by atoms with van der Waals surface area (Å²) in [5.74, 6) is -1.03. The number of carbonyl (C=O) groups is 2. The van der Waals surface area contributed by atoms with Crippen LogP contribution in [0.25, 0.3) is 0 Å². The Balaban J connectivity index is 1.96. The fourth-order valence-corrected chi connectivity index (χ4v) is 2.29. The zero-order valence-electron chi connectivity index (χ0n) is 12.0. The number of rotatable bonds is 4. The van der Waals surface area contributed by atoms with Crippen LogP contribution in [-0.2, 0) is 16.0 Å². The second-order valence-corrected chi connectivity index (χ2v) is 5.16. The van der Waals surface area contributed by atoms with E-state index in [0.29, 0.717) is 19.7 Å². The van der Waals surface area contributed by atoms with Crippen molar-refractivity contribution in [1.29, 1.82) is 0 Å². The van der Waals surface area contributed by atoms with Gasteiger partial charge in [-0.3, -0.25) is 0 Å². The van der Waals surface area contributed by atoms with Crippen molar-refractivity contribution in [2.24, 2.45) is 0 Å². The number of carboxylic acid groups (broad SMARTS) is 1. The monoisotopic (exact) mass is 292 g/mol. The third-order valence-corrected chi connectivity index (χ3v) is 3.41. The first-order valence-electron chi connectivity index (χ1n) is 7.00. The molecule has 1 aromatic carbocycles. The zero-order chi connectivity index (χ0) is 15.2. The molecule has 0 aliphatic carbocycles. The van der Waals surface area contributed by atoms with Crippen LogP contribution in [0.3, 0.4) is 0 Å². The average molecular weight is 292 g/mol. The summed E-state index contributed by atoms with van der Waals surface area (Å²) < 4.78 is 5.37. The lowest BCUT2D eigenvalue weighted by Gasteiger charge is -2.32. The zero-order valence-corrected chi connectivity index (χ0v) is 12.0. The van der Waals surface area contributed by atoms with Gasteiger partial charge in [-0.15, -0.1) is 0 Å². The number of ether oxygens (including phenoxy) is 1. The fourth-order valence-electron chi connectivity index (χ4n) is 2.29. The van der Waals surface area contributed by atoms with E-state index < -0.39 is 12.0 Å². The molecule has 6 heteroatoms. The minimum absolute atomic E-state index is 0.0260. The van der Waals surface area contributed by atoms with Crippen LogP contribution in [0.15, 0.2) is 30.3 Å². The van der Waals surface area contributed by atoms with E-state index in [1.165, 1.54) is 0 Å². The standard InChI is InChI=1S/C15H20N2O4/c1-11-10-17(7-8-21-11)15(20)16-13(14(18)19)9-12-5-3-2-4-6-12/h2-6,11,13H,7-10H2,1H3,(H,16,20)(H,18,19). The van der Waals surface area contributed by atoms with E-state index in [1.54, 1.807) is 4.90 Å². The number of aliphatic carboxylic acids is 1. The lowest BCUT2D eigenvalue weighted by molar-refractivity contribution is -0.139. The van der Waals surface area contributed by atoms with Crippen molar-refractivity contribution in [1.82, 2.24) is 10.2 Å². The van der Waals surface area contributed by atoms with Crippen LogP contribution in [0.5, 0.6) is 0 Å². The molecule has 2 amide bonds. The number of morpholine rings is 1. The number of hydrogen-bond acceptors (Lipinski definition) is 3. The molecule has 1 aliphatic heterocycles. The Kier molecular flexibility index (Phi) is 5.16. The van der Waals surface area contributed by atoms with Gasteiger partial charge in [-0.05, 0) is 12.5 Å². The van der Waals surface area contributed by atoms with Gasteiger partial charge in [-0.1, -0.05) is 30.3 Å². The first-order chi connectivity index (χ1) is 10.1. The molecule has 6 nitrogen and oxygen atoms in total. The van der Waals surface area contributed by atoms with Crippen molar-refractivity contribution in [2.45, 2.75) is 25.5 Å². The molecule has 1 fully saturated rings. The molecule has 0 aromatic heterocycles. The third kappa shape index (κ3) is 4.46. The van der Waals surface area contributed by atoms with Gasteiger partial charge in [0.1, 0.15) is 6.04 Å². The smallest absolute Gasteiger partial charge is 0.326 e. The lowest BCUT2D eigenvalue weighted by atomic mass is 10.1. The molecule has 114 valence electrons. The van der Waals surface area contributed by atoms with Crippen molar-refractivity contribution in [3.05, 3.63) is 35.9 Å². The fraction of sp³-hybridized carbons (Fsp3) is 0.467. The lowest BCUT2D eigenvalue weighted by Crippen LogP contribution is -2.53. The van der Waals surface area contributed by atoms with Crippen LogP contribution < -0.4 is 5.32 Å². The van der Waals surface area contributed by atoms with E-state index in [-0.39, 0.29) is 18.6 Å². The van der Waals surface area contributed by atoms with Crippen molar-refractivity contribution in [3.8, 4) is 0 Å². The number of carbonyl (C=O) groups excluding carboxylic acids is 1. The van der Waals surface area contributed by atoms with Crippen molar-refractivity contribution < 1.29 is 19.4 Å². The van der Waals surface area contributed by atoms with Crippen LogP contribution in [0.4, 0.5) is 4.79 Å². The van der Waals surface area contributed by atoms with Gasteiger partial charge in [-0.25, -0.2) is 9.59 Å². The Morgan fingerprint density at radius 3 is 2.76 bits per heavy atom. The molecule has 0 bridgehead atoms. The highest BCUT2D eigenvalue weighted by Crippen LogP contribution is 2.07. The minimum Gasteiger partial charge on any atom is -0.480 e. The summed E-state index contributed by atoms with van der Waals surface area (Å²) >= 11 is 0. The van der Waals surface area contributed by atoms with Gasteiger partial charge in [0, 0.05) is 19.5 Å². The van der Waals surface area contributed by atoms with E-state index >= 15 is 0 Å². The quantitative estimate of drug-likeness (QED) is 0.871. The molecule has 21 heavy (non-hydrogen) atoms. The van der Waals surface area contributed by atoms with Gasteiger partial charge in [-0.2, -0.15) is 0 Å². The summed E-state index contributed by atoms with van der Waals surface area (Å²) in [7, 11) is 0. The minimum atomic E-state index is -1.03. The van der Waals surface area contributed by atoms with Crippen LogP contribution in [0.2, 0.25) is 0 Å². The Labute approximate surface area is 123 Å². The summed E-state index contributed by atoms with van der Waals surface area (Å²) in [6.45, 7) is 3.32. The molecule has 2 unspecified atom stereocenters. The normalized spacial score (nSPS) is 19.9. The molecule has 2 N–H and O–H groups in total. The SMILES string of the molecule is CC1CN(C(=O)NC(Cc2ccccc2)C(=O)O)CCO1. The molecule has 2 rings (SSSR count). The van der Waals surface area contributed by atoms with Crippen LogP contribution in [-0.4, -0.2) is 53.8 Å². The maximum atomic E-state index is 12.1. The maximum absolute atomic E-state index is 12.1. The van der Waals surface area contributed by atoms with Crippen molar-refractivity contribution in [2.75, 3.05) is 19.7 Å². The van der Waals surface area contributed by atoms with Crippen LogP contribution in [0.1, 0.15) is 12.5 Å². The molecule has 0 spiro atoms. The van der Waals surface area contributed by atoms with Crippen LogP contribution >= 0.6 is 0 Å². The Hall–Kier alpha value is -2.08. The van der Waals surface area contributed by atoms with Gasteiger partial charge in [0.15, 0.2) is 0 Å². The van der Waals surface area contributed by atoms with Crippen molar-refractivity contribution >= 4 is 12.0 Å². The molecule has 0 saturated carbocycles. The van der Waals surface area contributed by atoms with Crippen molar-refractivity contribution in [3.63, 3.8) is 0 Å². The molecule has 1 aliphatic rings. The average Bonchev–Trinajstić information content (AvgIpc) is 2.47. The Morgan fingerprint density at radius 2 is 2.14 bits per heavy atom. The number of nitrogens with zero attached hydrogens (tertiary/aromatic N) is 1. The second-order valence-electron chi connectivity index (χ2n) is 5.16. The number of nitrogens with one attached hydrogen (secondary N) is 1. The topological polar surface area (TPSA) is 78.9 Å². The number of benzene rings is 1. The van der Waals surface area contributed by atoms with Gasteiger partial charge in [0.25, 0.3) is 0 Å². The molecule has 1 saturated heterocycles. The number of urea groups is 1. The highest BCUT2D eigenvalue weighted by molar-refractivity contribution is 5.82. The van der Waals surface area contributed by atoms with Gasteiger partial charge in [0.2, 0.25) is 0 Å². The molecule has 0 radical (unpaired) electrons. The highest BCUT2D eigenvalue weighted by Gasteiger charge is 2.26. The number of amides is 2. The second kappa shape index (κ2) is 7.08. The first kappa shape index (κ1) is 15.3. The number of hydrogen-bond donors (Lipinski definition) is 2. The Bertz CT molecular complexity index is 492. The van der Waals surface area contributed by atoms with E-state index in [4.69, 9.17) is 4.74 Å². The summed E-state index contributed by atoms with van der Waals surface area (Å²) in [6, 6.07) is 7.97. The maximum Gasteiger partial charge on any atom is 0.326 e. The molecule has 1 aromatic rings. The molecule has 1 heterocycles. The first-order valence-corrected chi connectivity index (χ1v) is 7.00. The van der Waals surface area contributed by atoms with Crippen LogP contribution in [0, 0.1) is 0 Å². The summed E-state index contributed by atoms with van der Waals surface area (Å²) in [4.78, 5) is 25.1. The number of carboxylic acids is 1. The predicted octanol–water partition coefficient (Wildman–Crippen LogP) is 1.11. The molecule has 2 atom stereocenters. The predicted molar refractivity (Wildman–Crippen MR) is 77.1 cm³/mol. The largest absolute Gasteiger partial charge is 0.480 e. The van der Waals surface area contributed by atoms with Gasteiger partial charge < -0.3 is 20.1 Å². The van der Waals surface area contributed by atoms with Gasteiger partial charge >= 0.3 is 12.0 Å². The summed E-state index contributed by atoms with van der Waals surface area (Å²) in [5.41, 5.74) is 0.876. The van der Waals surface area contributed by atoms with E-state index in [9.17, 15) is 14.7 Å². The van der Waals surface area contributed by atoms with E-state index in [0.717, 1.165) is 5.56 Å². The molecular weight excluding hydrogens is 272 g/mol. The van der Waals surface area contributed by atoms with E-state index in [1.807, 2.05) is 37.3 Å².